The molecule has 19 heavy (non-hydrogen) atoms. The van der Waals surface area contributed by atoms with Gasteiger partial charge in [0.1, 0.15) is 12.2 Å². The molecule has 0 unspecified atom stereocenters. The van der Waals surface area contributed by atoms with Crippen LogP contribution in [0.2, 0.25) is 0 Å². The second-order valence-corrected chi connectivity index (χ2v) is 6.02. The lowest BCUT2D eigenvalue weighted by Gasteiger charge is -2.16. The molecule has 0 aromatic heterocycles. The number of benzene rings is 1. The maximum atomic E-state index is 12.0. The lowest BCUT2D eigenvalue weighted by molar-refractivity contribution is -0.106. The third kappa shape index (κ3) is 3.31. The normalized spacial score (nSPS) is 27.6. The maximum Gasteiger partial charge on any atom is 0.297 e. The van der Waals surface area contributed by atoms with Gasteiger partial charge in [-0.25, -0.2) is 0 Å². The zero-order chi connectivity index (χ0) is 14.0. The van der Waals surface area contributed by atoms with E-state index >= 15 is 0 Å². The van der Waals surface area contributed by atoms with Gasteiger partial charge in [0.15, 0.2) is 6.29 Å². The van der Waals surface area contributed by atoms with E-state index in [0.717, 1.165) is 5.56 Å². The van der Waals surface area contributed by atoms with Gasteiger partial charge in [-0.2, -0.15) is 8.42 Å². The van der Waals surface area contributed by atoms with E-state index in [-0.39, 0.29) is 11.3 Å². The highest BCUT2D eigenvalue weighted by molar-refractivity contribution is 7.86. The van der Waals surface area contributed by atoms with E-state index in [1.165, 1.54) is 12.1 Å². The van der Waals surface area contributed by atoms with Crippen LogP contribution in [-0.2, 0) is 19.0 Å². The van der Waals surface area contributed by atoms with Gasteiger partial charge in [0.25, 0.3) is 10.1 Å². The van der Waals surface area contributed by atoms with Crippen molar-refractivity contribution in [2.45, 2.75) is 36.7 Å². The summed E-state index contributed by atoms with van der Waals surface area (Å²) >= 11 is 0. The Hall–Kier alpha value is -0.990. The average Bonchev–Trinajstić information content (AvgIpc) is 2.69. The largest absolute Gasteiger partial charge is 0.394 e. The lowest BCUT2D eigenvalue weighted by atomic mass is 10.2. The number of aryl methyl sites for hydroxylation is 1. The fraction of sp³-hybridized carbons (Fsp3) is 0.500. The first-order chi connectivity index (χ1) is 8.92. The van der Waals surface area contributed by atoms with Gasteiger partial charge >= 0.3 is 0 Å². The Morgan fingerprint density at radius 1 is 1.37 bits per heavy atom. The first kappa shape index (κ1) is 14.4. The smallest absolute Gasteiger partial charge is 0.297 e. The molecule has 0 saturated carbocycles. The van der Waals surface area contributed by atoms with Crippen LogP contribution in [0.15, 0.2) is 29.2 Å². The van der Waals surface area contributed by atoms with Crippen molar-refractivity contribution in [3.05, 3.63) is 29.8 Å². The molecule has 2 N–H and O–H groups in total. The molecule has 0 bridgehead atoms. The van der Waals surface area contributed by atoms with Crippen LogP contribution >= 0.6 is 0 Å². The van der Waals surface area contributed by atoms with Gasteiger partial charge in [0, 0.05) is 6.42 Å². The summed E-state index contributed by atoms with van der Waals surface area (Å²) in [6, 6.07) is 6.23. The van der Waals surface area contributed by atoms with Crippen LogP contribution in [0.1, 0.15) is 12.0 Å². The zero-order valence-electron chi connectivity index (χ0n) is 10.4. The molecule has 0 aliphatic carbocycles. The number of hydrogen-bond donors (Lipinski definition) is 2. The molecule has 1 fully saturated rings. The van der Waals surface area contributed by atoms with E-state index in [1.807, 2.05) is 6.92 Å². The van der Waals surface area contributed by atoms with E-state index < -0.39 is 35.2 Å². The molecule has 1 aromatic carbocycles. The van der Waals surface area contributed by atoms with Crippen LogP contribution in [0.3, 0.4) is 0 Å². The van der Waals surface area contributed by atoms with Crippen molar-refractivity contribution < 1.29 is 27.6 Å². The summed E-state index contributed by atoms with van der Waals surface area (Å²) in [5.74, 6) is 0. The molecule has 0 amide bonds. The molecular weight excluding hydrogens is 272 g/mol. The second kappa shape index (κ2) is 5.56. The highest BCUT2D eigenvalue weighted by atomic mass is 32.2. The van der Waals surface area contributed by atoms with Gasteiger partial charge in [-0.3, -0.25) is 4.18 Å². The van der Waals surface area contributed by atoms with Crippen LogP contribution < -0.4 is 0 Å². The topological polar surface area (TPSA) is 93.1 Å². The SMILES string of the molecule is Cc1ccc(S(=O)(=O)O[C@H]2C[C@@H](O)O[C@@H]2CO)cc1. The van der Waals surface area contributed by atoms with E-state index in [9.17, 15) is 13.5 Å². The Bertz CT molecular complexity index is 524. The van der Waals surface area contributed by atoms with Crippen molar-refractivity contribution in [1.82, 2.24) is 0 Å². The van der Waals surface area contributed by atoms with Crippen LogP contribution in [0.4, 0.5) is 0 Å². The van der Waals surface area contributed by atoms with Crippen molar-refractivity contribution in [3.8, 4) is 0 Å². The van der Waals surface area contributed by atoms with Crippen molar-refractivity contribution in [3.63, 3.8) is 0 Å². The summed E-state index contributed by atoms with van der Waals surface area (Å²) in [4.78, 5) is 0.0381. The van der Waals surface area contributed by atoms with Crippen molar-refractivity contribution >= 4 is 10.1 Å². The van der Waals surface area contributed by atoms with Gasteiger partial charge in [-0.05, 0) is 19.1 Å². The summed E-state index contributed by atoms with van der Waals surface area (Å²) in [5.41, 5.74) is 0.937. The number of aliphatic hydroxyl groups excluding tert-OH is 2. The summed E-state index contributed by atoms with van der Waals surface area (Å²) in [5, 5.41) is 18.3. The van der Waals surface area contributed by atoms with Gasteiger partial charge in [0.05, 0.1) is 11.5 Å². The molecular formula is C12H16O6S. The zero-order valence-corrected chi connectivity index (χ0v) is 11.2. The van der Waals surface area contributed by atoms with Crippen molar-refractivity contribution in [2.75, 3.05) is 6.61 Å². The van der Waals surface area contributed by atoms with Gasteiger partial charge in [-0.15, -0.1) is 0 Å². The molecule has 7 heteroatoms. The second-order valence-electron chi connectivity index (χ2n) is 4.45. The molecule has 1 heterocycles. The van der Waals surface area contributed by atoms with Gasteiger partial charge < -0.3 is 14.9 Å². The molecule has 3 atom stereocenters. The van der Waals surface area contributed by atoms with Crippen molar-refractivity contribution in [1.29, 1.82) is 0 Å². The number of rotatable bonds is 4. The monoisotopic (exact) mass is 288 g/mol. The first-order valence-corrected chi connectivity index (χ1v) is 7.27. The Labute approximate surface area is 111 Å². The molecule has 1 aliphatic rings. The van der Waals surface area contributed by atoms with Crippen LogP contribution in [-0.4, -0.2) is 43.7 Å². The minimum absolute atomic E-state index is 0.0102. The predicted octanol–water partition coefficient (Wildman–Crippen LogP) is 0.169. The maximum absolute atomic E-state index is 12.0. The van der Waals surface area contributed by atoms with E-state index in [1.54, 1.807) is 12.1 Å². The lowest BCUT2D eigenvalue weighted by Crippen LogP contribution is -2.30. The number of ether oxygens (including phenoxy) is 1. The van der Waals surface area contributed by atoms with Crippen LogP contribution in [0, 0.1) is 6.92 Å². The highest BCUT2D eigenvalue weighted by Crippen LogP contribution is 2.25. The summed E-state index contributed by atoms with van der Waals surface area (Å²) in [6.45, 7) is 1.44. The molecule has 2 rings (SSSR count). The minimum atomic E-state index is -3.93. The predicted molar refractivity (Wildman–Crippen MR) is 65.8 cm³/mol. The van der Waals surface area contributed by atoms with Crippen LogP contribution in [0.5, 0.6) is 0 Å². The van der Waals surface area contributed by atoms with Gasteiger partial charge in [-0.1, -0.05) is 17.7 Å². The molecule has 1 aromatic rings. The Kier molecular flexibility index (Phi) is 4.22. The molecule has 1 saturated heterocycles. The quantitative estimate of drug-likeness (QED) is 0.767. The average molecular weight is 288 g/mol. The van der Waals surface area contributed by atoms with E-state index in [2.05, 4.69) is 0 Å². The fourth-order valence-corrected chi connectivity index (χ4v) is 2.99. The molecule has 106 valence electrons. The molecule has 1 aliphatic heterocycles. The third-order valence-corrected chi connectivity index (χ3v) is 4.27. The van der Waals surface area contributed by atoms with E-state index in [0.29, 0.717) is 0 Å². The first-order valence-electron chi connectivity index (χ1n) is 5.87. The standard InChI is InChI=1S/C12H16O6S/c1-8-2-4-9(5-3-8)19(15,16)18-10-6-12(14)17-11(10)7-13/h2-5,10-14H,6-7H2,1H3/t10-,11+,12-/m0/s1. The Balaban J connectivity index is 2.15. The van der Waals surface area contributed by atoms with Gasteiger partial charge in [0.2, 0.25) is 0 Å². The summed E-state index contributed by atoms with van der Waals surface area (Å²) in [7, 11) is -3.93. The molecule has 6 nitrogen and oxygen atoms in total. The Morgan fingerprint density at radius 3 is 2.58 bits per heavy atom. The highest BCUT2D eigenvalue weighted by Gasteiger charge is 2.38. The summed E-state index contributed by atoms with van der Waals surface area (Å²) < 4.78 is 34.0. The van der Waals surface area contributed by atoms with Crippen LogP contribution in [0.25, 0.3) is 0 Å². The summed E-state index contributed by atoms with van der Waals surface area (Å²) in [6.07, 6.45) is -2.83. The minimum Gasteiger partial charge on any atom is -0.394 e. The van der Waals surface area contributed by atoms with Crippen molar-refractivity contribution in [2.24, 2.45) is 0 Å². The Morgan fingerprint density at radius 2 is 2.00 bits per heavy atom. The van der Waals surface area contributed by atoms with E-state index in [4.69, 9.17) is 14.0 Å². The molecule has 0 radical (unpaired) electrons. The number of aliphatic hydroxyl groups is 2. The fourth-order valence-electron chi connectivity index (χ4n) is 1.88. The molecule has 0 spiro atoms. The third-order valence-electron chi connectivity index (χ3n) is 2.92. The number of hydrogen-bond acceptors (Lipinski definition) is 6.